The van der Waals surface area contributed by atoms with Crippen LogP contribution in [-0.2, 0) is 11.3 Å². The molecule has 2 amide bonds. The van der Waals surface area contributed by atoms with Crippen molar-refractivity contribution in [1.82, 2.24) is 10.3 Å². The molecule has 1 heterocycles. The highest BCUT2D eigenvalue weighted by Gasteiger charge is 2.12. The number of rotatable bonds is 6. The van der Waals surface area contributed by atoms with Gasteiger partial charge < -0.3 is 15.4 Å². The summed E-state index contributed by atoms with van der Waals surface area (Å²) >= 11 is 1.21. The molecule has 0 saturated carbocycles. The fourth-order valence-electron chi connectivity index (χ4n) is 1.80. The van der Waals surface area contributed by atoms with Gasteiger partial charge in [0.25, 0.3) is 5.91 Å². The monoisotopic (exact) mass is 319 g/mol. The first-order chi connectivity index (χ1) is 10.6. The smallest absolute Gasteiger partial charge is 0.271 e. The Labute approximate surface area is 132 Å². The number of aromatic nitrogens is 1. The molecule has 6 nitrogen and oxygen atoms in total. The van der Waals surface area contributed by atoms with E-state index >= 15 is 0 Å². The zero-order valence-electron chi connectivity index (χ0n) is 12.4. The van der Waals surface area contributed by atoms with Crippen LogP contribution >= 0.6 is 11.3 Å². The van der Waals surface area contributed by atoms with E-state index < -0.39 is 0 Å². The Morgan fingerprint density at radius 3 is 2.82 bits per heavy atom. The van der Waals surface area contributed by atoms with Crippen molar-refractivity contribution in [3.63, 3.8) is 0 Å². The van der Waals surface area contributed by atoms with Crippen LogP contribution in [0.1, 0.15) is 29.9 Å². The van der Waals surface area contributed by atoms with Gasteiger partial charge in [0.2, 0.25) is 5.91 Å². The molecule has 0 aliphatic heterocycles. The molecule has 2 N–H and O–H groups in total. The molecule has 22 heavy (non-hydrogen) atoms. The molecule has 2 rings (SSSR count). The summed E-state index contributed by atoms with van der Waals surface area (Å²) in [5.74, 6) is 0.244. The van der Waals surface area contributed by atoms with Crippen LogP contribution in [0.25, 0.3) is 0 Å². The number of ether oxygens (including phenoxy) is 1. The molecule has 0 unspecified atom stereocenters. The molecule has 0 radical (unpaired) electrons. The lowest BCUT2D eigenvalue weighted by atomic mass is 10.2. The summed E-state index contributed by atoms with van der Waals surface area (Å²) in [5.41, 5.74) is 1.18. The van der Waals surface area contributed by atoms with Gasteiger partial charge in [0.1, 0.15) is 11.4 Å². The van der Waals surface area contributed by atoms with Gasteiger partial charge in [-0.05, 0) is 13.0 Å². The quantitative estimate of drug-likeness (QED) is 0.857. The first kappa shape index (κ1) is 16.0. The molecule has 0 bridgehead atoms. The highest BCUT2D eigenvalue weighted by molar-refractivity contribution is 7.14. The molecule has 116 valence electrons. The Kier molecular flexibility index (Phi) is 5.48. The lowest BCUT2D eigenvalue weighted by molar-refractivity contribution is -0.114. The third kappa shape index (κ3) is 4.29. The second-order valence-corrected chi connectivity index (χ2v) is 5.30. The molecule has 0 aliphatic rings. The van der Waals surface area contributed by atoms with Crippen molar-refractivity contribution in [1.29, 1.82) is 0 Å². The maximum Gasteiger partial charge on any atom is 0.271 e. The molecular formula is C15H17N3O3S. The third-order valence-corrected chi connectivity index (χ3v) is 3.49. The van der Waals surface area contributed by atoms with E-state index in [1.807, 2.05) is 31.2 Å². The van der Waals surface area contributed by atoms with Crippen molar-refractivity contribution in [3.8, 4) is 5.75 Å². The van der Waals surface area contributed by atoms with Crippen LogP contribution in [0.5, 0.6) is 5.75 Å². The summed E-state index contributed by atoms with van der Waals surface area (Å²) in [5, 5.41) is 7.36. The molecule has 0 aliphatic carbocycles. The molecule has 1 aromatic carbocycles. The summed E-state index contributed by atoms with van der Waals surface area (Å²) in [6.07, 6.45) is 0. The summed E-state index contributed by atoms with van der Waals surface area (Å²) in [6.45, 7) is 4.22. The number of hydrogen-bond acceptors (Lipinski definition) is 5. The van der Waals surface area contributed by atoms with Gasteiger partial charge >= 0.3 is 0 Å². The van der Waals surface area contributed by atoms with Gasteiger partial charge in [-0.25, -0.2) is 4.98 Å². The van der Waals surface area contributed by atoms with Crippen molar-refractivity contribution in [2.45, 2.75) is 20.4 Å². The fraction of sp³-hybridized carbons (Fsp3) is 0.267. The van der Waals surface area contributed by atoms with Crippen LogP contribution < -0.4 is 15.4 Å². The van der Waals surface area contributed by atoms with Gasteiger partial charge in [-0.1, -0.05) is 18.2 Å². The maximum atomic E-state index is 12.1. The first-order valence-corrected chi connectivity index (χ1v) is 7.70. The highest BCUT2D eigenvalue weighted by atomic mass is 32.1. The minimum absolute atomic E-state index is 0.216. The molecule has 1 aromatic heterocycles. The van der Waals surface area contributed by atoms with Crippen molar-refractivity contribution >= 4 is 28.3 Å². The Bertz CT molecular complexity index is 670. The van der Waals surface area contributed by atoms with Crippen molar-refractivity contribution in [3.05, 3.63) is 40.9 Å². The Balaban J connectivity index is 1.98. The van der Waals surface area contributed by atoms with Gasteiger partial charge in [-0.15, -0.1) is 11.3 Å². The largest absolute Gasteiger partial charge is 0.494 e. The number of carbonyl (C=O) groups is 2. The summed E-state index contributed by atoms with van der Waals surface area (Å²) < 4.78 is 5.51. The van der Waals surface area contributed by atoms with Crippen molar-refractivity contribution in [2.75, 3.05) is 11.9 Å². The molecule has 2 aromatic rings. The zero-order valence-corrected chi connectivity index (χ0v) is 13.2. The predicted octanol–water partition coefficient (Wildman–Crippen LogP) is 2.43. The van der Waals surface area contributed by atoms with Gasteiger partial charge in [0.05, 0.1) is 6.61 Å². The summed E-state index contributed by atoms with van der Waals surface area (Å²) in [6, 6.07) is 7.54. The molecule has 0 atom stereocenters. The van der Waals surface area contributed by atoms with E-state index in [1.54, 1.807) is 5.38 Å². The number of hydrogen-bond donors (Lipinski definition) is 2. The van der Waals surface area contributed by atoms with Crippen molar-refractivity contribution < 1.29 is 14.3 Å². The van der Waals surface area contributed by atoms with Crippen LogP contribution in [-0.4, -0.2) is 23.4 Å². The van der Waals surface area contributed by atoms with Gasteiger partial charge in [0, 0.05) is 24.4 Å². The molecule has 0 fully saturated rings. The predicted molar refractivity (Wildman–Crippen MR) is 85.2 cm³/mol. The van der Waals surface area contributed by atoms with Gasteiger partial charge in [-0.2, -0.15) is 0 Å². The number of carbonyl (C=O) groups excluding carboxylic acids is 2. The van der Waals surface area contributed by atoms with Crippen LogP contribution in [0.4, 0.5) is 5.13 Å². The maximum absolute atomic E-state index is 12.1. The second kappa shape index (κ2) is 7.56. The SMILES string of the molecule is CCOc1ccccc1CNC(=O)c1csc(NC(C)=O)n1. The number of nitrogens with zero attached hydrogens (tertiary/aromatic N) is 1. The molecule has 0 spiro atoms. The van der Waals surface area contributed by atoms with Crippen LogP contribution in [0, 0.1) is 0 Å². The average Bonchev–Trinajstić information content (AvgIpc) is 2.94. The van der Waals surface area contributed by atoms with E-state index in [4.69, 9.17) is 4.74 Å². The minimum atomic E-state index is -0.292. The average molecular weight is 319 g/mol. The van der Waals surface area contributed by atoms with E-state index in [1.165, 1.54) is 18.3 Å². The number of benzene rings is 1. The Morgan fingerprint density at radius 1 is 1.32 bits per heavy atom. The minimum Gasteiger partial charge on any atom is -0.494 e. The van der Waals surface area contributed by atoms with Crippen molar-refractivity contribution in [2.24, 2.45) is 0 Å². The topological polar surface area (TPSA) is 80.3 Å². The fourth-order valence-corrected chi connectivity index (χ4v) is 2.53. The van der Waals surface area contributed by atoms with Gasteiger partial charge in [-0.3, -0.25) is 9.59 Å². The Hall–Kier alpha value is -2.41. The van der Waals surface area contributed by atoms with E-state index in [2.05, 4.69) is 15.6 Å². The number of anilines is 1. The number of para-hydroxylation sites is 1. The second-order valence-electron chi connectivity index (χ2n) is 4.44. The normalized spacial score (nSPS) is 10.1. The summed E-state index contributed by atoms with van der Waals surface area (Å²) in [7, 11) is 0. The number of thiazole rings is 1. The number of amides is 2. The standard InChI is InChI=1S/C15H17N3O3S/c1-3-21-13-7-5-4-6-11(13)8-16-14(20)12-9-22-15(18-12)17-10(2)19/h4-7,9H,3,8H2,1-2H3,(H,16,20)(H,17,18,19). The lowest BCUT2D eigenvalue weighted by Crippen LogP contribution is -2.23. The molecular weight excluding hydrogens is 302 g/mol. The lowest BCUT2D eigenvalue weighted by Gasteiger charge is -2.10. The first-order valence-electron chi connectivity index (χ1n) is 6.82. The third-order valence-electron chi connectivity index (χ3n) is 2.73. The van der Waals surface area contributed by atoms with Crippen LogP contribution in [0.15, 0.2) is 29.6 Å². The Morgan fingerprint density at radius 2 is 2.09 bits per heavy atom. The number of nitrogens with one attached hydrogen (secondary N) is 2. The van der Waals surface area contributed by atoms with E-state index in [-0.39, 0.29) is 17.5 Å². The van der Waals surface area contributed by atoms with E-state index in [0.29, 0.717) is 18.3 Å². The van der Waals surface area contributed by atoms with E-state index in [0.717, 1.165) is 11.3 Å². The van der Waals surface area contributed by atoms with E-state index in [9.17, 15) is 9.59 Å². The summed E-state index contributed by atoms with van der Waals surface area (Å²) in [4.78, 5) is 27.1. The highest BCUT2D eigenvalue weighted by Crippen LogP contribution is 2.18. The zero-order chi connectivity index (χ0) is 15.9. The van der Waals surface area contributed by atoms with Crippen LogP contribution in [0.2, 0.25) is 0 Å². The van der Waals surface area contributed by atoms with Crippen LogP contribution in [0.3, 0.4) is 0 Å². The van der Waals surface area contributed by atoms with Gasteiger partial charge in [0.15, 0.2) is 5.13 Å². The molecule has 0 saturated heterocycles. The molecule has 7 heteroatoms.